The van der Waals surface area contributed by atoms with Crippen molar-refractivity contribution in [1.82, 2.24) is 9.88 Å². The average molecular weight is 362 g/mol. The molecule has 1 aromatic heterocycles. The van der Waals surface area contributed by atoms with Crippen LogP contribution in [0.1, 0.15) is 12.5 Å². The fourth-order valence-corrected chi connectivity index (χ4v) is 2.12. The molecule has 0 saturated heterocycles. The van der Waals surface area contributed by atoms with Crippen molar-refractivity contribution < 1.29 is 18.4 Å². The van der Waals surface area contributed by atoms with Gasteiger partial charge in [0, 0.05) is 12.3 Å². The van der Waals surface area contributed by atoms with E-state index in [1.165, 1.54) is 4.90 Å². The molecule has 138 valence electrons. The van der Waals surface area contributed by atoms with Crippen molar-refractivity contribution in [2.45, 2.75) is 19.9 Å². The van der Waals surface area contributed by atoms with Gasteiger partial charge in [-0.1, -0.05) is 6.07 Å². The Morgan fingerprint density at radius 3 is 2.58 bits per heavy atom. The van der Waals surface area contributed by atoms with Gasteiger partial charge in [-0.3, -0.25) is 14.5 Å². The Kier molecular flexibility index (Phi) is 6.35. The Labute approximate surface area is 150 Å². The quantitative estimate of drug-likeness (QED) is 0.828. The number of hydrogen-bond donors (Lipinski definition) is 2. The molecule has 2 aromatic rings. The van der Waals surface area contributed by atoms with Crippen molar-refractivity contribution >= 4 is 23.3 Å². The van der Waals surface area contributed by atoms with E-state index in [2.05, 4.69) is 15.6 Å². The van der Waals surface area contributed by atoms with Crippen molar-refractivity contribution in [1.29, 1.82) is 0 Å². The van der Waals surface area contributed by atoms with Gasteiger partial charge in [-0.15, -0.1) is 0 Å². The summed E-state index contributed by atoms with van der Waals surface area (Å²) in [6.07, 6.45) is 1.63. The normalized spacial score (nSPS) is 11.9. The van der Waals surface area contributed by atoms with E-state index in [-0.39, 0.29) is 18.1 Å². The number of hydrogen-bond acceptors (Lipinski definition) is 4. The minimum atomic E-state index is -0.741. The maximum Gasteiger partial charge on any atom is 0.241 e. The van der Waals surface area contributed by atoms with Gasteiger partial charge in [0.15, 0.2) is 0 Å². The van der Waals surface area contributed by atoms with Gasteiger partial charge in [0.2, 0.25) is 11.8 Å². The third kappa shape index (κ3) is 5.32. The number of carbonyl (C=O) groups excluding carboxylic acids is 2. The van der Waals surface area contributed by atoms with E-state index >= 15 is 0 Å². The van der Waals surface area contributed by atoms with Gasteiger partial charge >= 0.3 is 0 Å². The summed E-state index contributed by atoms with van der Waals surface area (Å²) in [5, 5.41) is 4.95. The minimum absolute atomic E-state index is 0.0736. The maximum atomic E-state index is 13.6. The lowest BCUT2D eigenvalue weighted by atomic mass is 10.2. The highest BCUT2D eigenvalue weighted by Crippen LogP contribution is 2.16. The number of aromatic nitrogens is 1. The maximum absolute atomic E-state index is 13.6. The molecule has 2 amide bonds. The summed E-state index contributed by atoms with van der Waals surface area (Å²) in [5.74, 6) is -1.89. The van der Waals surface area contributed by atoms with Crippen molar-refractivity contribution in [2.75, 3.05) is 24.2 Å². The molecule has 6 nitrogen and oxygen atoms in total. The number of likely N-dealkylation sites (N-methyl/N-ethyl adjacent to an activating group) is 1. The van der Waals surface area contributed by atoms with E-state index < -0.39 is 23.6 Å². The molecule has 1 atom stereocenters. The molecule has 0 bridgehead atoms. The molecule has 1 aromatic carbocycles. The molecule has 0 spiro atoms. The Hall–Kier alpha value is -2.87. The van der Waals surface area contributed by atoms with Crippen LogP contribution in [0, 0.1) is 18.6 Å². The molecule has 2 rings (SSSR count). The van der Waals surface area contributed by atoms with Crippen LogP contribution in [0.15, 0.2) is 36.5 Å². The molecule has 1 unspecified atom stereocenters. The molecule has 2 N–H and O–H groups in total. The summed E-state index contributed by atoms with van der Waals surface area (Å²) in [7, 11) is 1.58. The topological polar surface area (TPSA) is 74.3 Å². The van der Waals surface area contributed by atoms with Crippen molar-refractivity contribution in [2.24, 2.45) is 0 Å². The summed E-state index contributed by atoms with van der Waals surface area (Å²) in [6.45, 7) is 3.37. The summed E-state index contributed by atoms with van der Waals surface area (Å²) < 4.78 is 26.8. The molecule has 0 aliphatic carbocycles. The molecule has 0 aliphatic heterocycles. The summed E-state index contributed by atoms with van der Waals surface area (Å²) in [5.41, 5.74) is 0.721. The van der Waals surface area contributed by atoms with Crippen LogP contribution in [0.4, 0.5) is 20.3 Å². The van der Waals surface area contributed by atoms with Crippen LogP contribution in [0.3, 0.4) is 0 Å². The molecule has 0 saturated carbocycles. The lowest BCUT2D eigenvalue weighted by molar-refractivity contribution is -0.122. The molecule has 0 aliphatic rings. The Bertz CT molecular complexity index is 796. The zero-order chi connectivity index (χ0) is 19.3. The van der Waals surface area contributed by atoms with Crippen LogP contribution < -0.4 is 10.6 Å². The monoisotopic (exact) mass is 362 g/mol. The lowest BCUT2D eigenvalue weighted by Gasteiger charge is -2.23. The molecule has 26 heavy (non-hydrogen) atoms. The summed E-state index contributed by atoms with van der Waals surface area (Å²) in [4.78, 5) is 29.8. The van der Waals surface area contributed by atoms with E-state index in [1.54, 1.807) is 26.2 Å². The first kappa shape index (κ1) is 19.5. The number of halogens is 2. The second-order valence-electron chi connectivity index (χ2n) is 5.97. The number of carbonyl (C=O) groups is 2. The first-order valence-corrected chi connectivity index (χ1v) is 7.95. The van der Waals surface area contributed by atoms with E-state index in [0.29, 0.717) is 5.82 Å². The number of anilines is 2. The zero-order valence-electron chi connectivity index (χ0n) is 14.7. The molecular weight excluding hydrogens is 342 g/mol. The van der Waals surface area contributed by atoms with Crippen molar-refractivity contribution in [3.8, 4) is 0 Å². The summed E-state index contributed by atoms with van der Waals surface area (Å²) >= 11 is 0. The minimum Gasteiger partial charge on any atom is -0.322 e. The third-order valence-electron chi connectivity index (χ3n) is 3.80. The van der Waals surface area contributed by atoms with Gasteiger partial charge in [-0.05, 0) is 44.7 Å². The second-order valence-corrected chi connectivity index (χ2v) is 5.97. The summed E-state index contributed by atoms with van der Waals surface area (Å²) in [6, 6.07) is 5.54. The lowest BCUT2D eigenvalue weighted by Crippen LogP contribution is -2.43. The highest BCUT2D eigenvalue weighted by Gasteiger charge is 2.21. The van der Waals surface area contributed by atoms with Gasteiger partial charge in [0.1, 0.15) is 17.5 Å². The predicted molar refractivity (Wildman–Crippen MR) is 94.7 cm³/mol. The smallest absolute Gasteiger partial charge is 0.241 e. The Balaban J connectivity index is 1.92. The SMILES string of the molecule is Cc1ccc(NC(=O)CN(C)C(C)C(=O)Nc2cc(F)ccc2F)nc1. The van der Waals surface area contributed by atoms with Crippen LogP contribution in [-0.2, 0) is 9.59 Å². The average Bonchev–Trinajstić information content (AvgIpc) is 2.59. The van der Waals surface area contributed by atoms with E-state index in [0.717, 1.165) is 23.8 Å². The largest absolute Gasteiger partial charge is 0.322 e. The van der Waals surface area contributed by atoms with Crippen LogP contribution in [-0.4, -0.2) is 41.3 Å². The first-order chi connectivity index (χ1) is 12.3. The van der Waals surface area contributed by atoms with Crippen LogP contribution in [0.5, 0.6) is 0 Å². The molecule has 0 fully saturated rings. The van der Waals surface area contributed by atoms with Crippen molar-refractivity contribution in [3.63, 3.8) is 0 Å². The number of amides is 2. The molecule has 8 heteroatoms. The van der Waals surface area contributed by atoms with Gasteiger partial charge in [0.05, 0.1) is 18.3 Å². The first-order valence-electron chi connectivity index (χ1n) is 7.95. The third-order valence-corrected chi connectivity index (χ3v) is 3.80. The Morgan fingerprint density at radius 1 is 1.19 bits per heavy atom. The predicted octanol–water partition coefficient (Wildman–Crippen LogP) is 2.57. The van der Waals surface area contributed by atoms with E-state index in [9.17, 15) is 18.4 Å². The highest BCUT2D eigenvalue weighted by molar-refractivity contribution is 5.96. The van der Waals surface area contributed by atoms with Crippen LogP contribution in [0.25, 0.3) is 0 Å². The van der Waals surface area contributed by atoms with E-state index in [1.807, 2.05) is 13.0 Å². The second kappa shape index (κ2) is 8.48. The van der Waals surface area contributed by atoms with Gasteiger partial charge in [-0.2, -0.15) is 0 Å². The number of benzene rings is 1. The number of pyridine rings is 1. The zero-order valence-corrected chi connectivity index (χ0v) is 14.7. The van der Waals surface area contributed by atoms with Gasteiger partial charge < -0.3 is 10.6 Å². The number of nitrogens with one attached hydrogen (secondary N) is 2. The Morgan fingerprint density at radius 2 is 1.92 bits per heavy atom. The van der Waals surface area contributed by atoms with Crippen LogP contribution in [0.2, 0.25) is 0 Å². The van der Waals surface area contributed by atoms with Crippen molar-refractivity contribution in [3.05, 3.63) is 53.7 Å². The fraction of sp³-hybridized carbons (Fsp3) is 0.278. The molecule has 0 radical (unpaired) electrons. The standard InChI is InChI=1S/C18H20F2N4O2/c1-11-4-7-16(21-9-11)23-17(25)10-24(3)12(2)18(26)22-15-8-13(19)5-6-14(15)20/h4-9,12H,10H2,1-3H3,(H,22,26)(H,21,23,25). The number of aryl methyl sites for hydroxylation is 1. The fourth-order valence-electron chi connectivity index (χ4n) is 2.12. The van der Waals surface area contributed by atoms with Crippen LogP contribution >= 0.6 is 0 Å². The van der Waals surface area contributed by atoms with E-state index in [4.69, 9.17) is 0 Å². The number of rotatable bonds is 6. The van der Waals surface area contributed by atoms with Gasteiger partial charge in [-0.25, -0.2) is 13.8 Å². The molecule has 1 heterocycles. The highest BCUT2D eigenvalue weighted by atomic mass is 19.1. The van der Waals surface area contributed by atoms with Gasteiger partial charge in [0.25, 0.3) is 0 Å². The number of nitrogens with zero attached hydrogens (tertiary/aromatic N) is 2. The molecular formula is C18H20F2N4O2.